The fraction of sp³-hybridized carbons (Fsp3) is 1.00. The molecule has 0 bridgehead atoms. The zero-order chi connectivity index (χ0) is 28.0. The van der Waals surface area contributed by atoms with E-state index in [4.69, 9.17) is 0 Å². The molecule has 0 aromatic carbocycles. The Hall–Kier alpha value is -0.0800. The highest BCUT2D eigenvalue weighted by molar-refractivity contribution is 4.70. The van der Waals surface area contributed by atoms with Crippen molar-refractivity contribution in [1.82, 2.24) is 9.80 Å². The summed E-state index contributed by atoms with van der Waals surface area (Å²) in [5, 5.41) is 0. The Morgan fingerprint density at radius 2 is 0.892 bits per heavy atom. The van der Waals surface area contributed by atoms with Crippen molar-refractivity contribution < 1.29 is 0 Å². The lowest BCUT2D eigenvalue weighted by Crippen LogP contribution is -2.36. The molecule has 0 saturated heterocycles. The first kappa shape index (κ1) is 39.1. The maximum absolute atomic E-state index is 2.87. The predicted octanol–water partition coefficient (Wildman–Crippen LogP) is 11.4. The lowest BCUT2D eigenvalue weighted by Gasteiger charge is -2.30. The van der Waals surface area contributed by atoms with E-state index < -0.39 is 0 Å². The van der Waals surface area contributed by atoms with Gasteiger partial charge >= 0.3 is 0 Å². The molecule has 0 radical (unpaired) electrons. The minimum atomic E-state index is 0.847. The molecule has 0 saturated carbocycles. The van der Waals surface area contributed by atoms with Crippen LogP contribution in [0.2, 0.25) is 0 Å². The van der Waals surface area contributed by atoms with Gasteiger partial charge in [0.1, 0.15) is 0 Å². The van der Waals surface area contributed by atoms with E-state index in [9.17, 15) is 0 Å². The van der Waals surface area contributed by atoms with Crippen LogP contribution in [0.3, 0.4) is 0 Å². The van der Waals surface area contributed by atoms with Crippen LogP contribution in [-0.4, -0.2) is 49.1 Å². The molecule has 2 unspecified atom stereocenters. The Bertz CT molecular complexity index is 393. The van der Waals surface area contributed by atoms with Crippen LogP contribution >= 0.6 is 0 Å². The SMILES string of the molecule is CC.CCCCCCCCCCC(CC)CN(CCCN(CC)CC)CC(C)CCCCCCCCC. The molecule has 0 aliphatic rings. The zero-order valence-corrected chi connectivity index (χ0v) is 27.7. The number of hydrogen-bond donors (Lipinski definition) is 0. The van der Waals surface area contributed by atoms with Crippen molar-refractivity contribution in [2.75, 3.05) is 39.3 Å². The largest absolute Gasteiger partial charge is 0.304 e. The summed E-state index contributed by atoms with van der Waals surface area (Å²) in [6.45, 7) is 25.8. The number of hydrogen-bond acceptors (Lipinski definition) is 2. The predicted molar refractivity (Wildman–Crippen MR) is 173 cm³/mol. The van der Waals surface area contributed by atoms with Gasteiger partial charge in [-0.15, -0.1) is 0 Å². The van der Waals surface area contributed by atoms with Crippen molar-refractivity contribution in [2.24, 2.45) is 11.8 Å². The monoisotopic (exact) mass is 525 g/mol. The molecule has 0 aromatic rings. The Balaban J connectivity index is 0. The van der Waals surface area contributed by atoms with Crippen molar-refractivity contribution >= 4 is 0 Å². The van der Waals surface area contributed by atoms with Gasteiger partial charge in [0, 0.05) is 13.1 Å². The van der Waals surface area contributed by atoms with Gasteiger partial charge in [-0.25, -0.2) is 0 Å². The molecule has 0 amide bonds. The lowest BCUT2D eigenvalue weighted by molar-refractivity contribution is 0.176. The fourth-order valence-electron chi connectivity index (χ4n) is 5.65. The molecule has 0 aliphatic heterocycles. The van der Waals surface area contributed by atoms with Crippen LogP contribution in [0, 0.1) is 11.8 Å². The molecule has 0 rings (SSSR count). The van der Waals surface area contributed by atoms with E-state index >= 15 is 0 Å². The highest BCUT2D eigenvalue weighted by atomic mass is 15.1. The molecule has 0 fully saturated rings. The summed E-state index contributed by atoms with van der Waals surface area (Å²) in [5.74, 6) is 1.74. The molecular weight excluding hydrogens is 448 g/mol. The Morgan fingerprint density at radius 3 is 1.35 bits per heavy atom. The summed E-state index contributed by atoms with van der Waals surface area (Å²) in [4.78, 5) is 5.46. The maximum atomic E-state index is 2.87. The van der Waals surface area contributed by atoms with Crippen LogP contribution in [0.1, 0.15) is 177 Å². The van der Waals surface area contributed by atoms with Crippen molar-refractivity contribution in [3.63, 3.8) is 0 Å². The first-order chi connectivity index (χ1) is 18.1. The molecule has 0 N–H and O–H groups in total. The van der Waals surface area contributed by atoms with Crippen LogP contribution in [0.4, 0.5) is 0 Å². The molecule has 226 valence electrons. The quantitative estimate of drug-likeness (QED) is 0.0939. The Kier molecular flexibility index (Phi) is 33.9. The molecular formula is C35H76N2. The van der Waals surface area contributed by atoms with Crippen LogP contribution in [0.15, 0.2) is 0 Å². The second-order valence-corrected chi connectivity index (χ2v) is 11.7. The standard InChI is InChI=1S/C33H70N2.C2H6/c1-7-12-14-16-18-20-22-24-27-33(9-3)31-35(29-25-28-34(10-4)11-5)30-32(6)26-23-21-19-17-15-13-8-2;1-2/h32-33H,7-31H2,1-6H3;1-2H3. The van der Waals surface area contributed by atoms with E-state index in [1.165, 1.54) is 161 Å². The molecule has 0 aliphatic carbocycles. The fourth-order valence-corrected chi connectivity index (χ4v) is 5.65. The first-order valence-corrected chi connectivity index (χ1v) is 17.6. The van der Waals surface area contributed by atoms with Crippen LogP contribution < -0.4 is 0 Å². The molecule has 0 heterocycles. The van der Waals surface area contributed by atoms with Crippen LogP contribution in [0.5, 0.6) is 0 Å². The summed E-state index contributed by atoms with van der Waals surface area (Å²) in [6.07, 6.45) is 27.1. The Morgan fingerprint density at radius 1 is 0.459 bits per heavy atom. The van der Waals surface area contributed by atoms with Crippen molar-refractivity contribution in [3.05, 3.63) is 0 Å². The van der Waals surface area contributed by atoms with Crippen molar-refractivity contribution in [1.29, 1.82) is 0 Å². The summed E-state index contributed by atoms with van der Waals surface area (Å²) < 4.78 is 0. The first-order valence-electron chi connectivity index (χ1n) is 17.6. The third-order valence-corrected chi connectivity index (χ3v) is 8.27. The summed E-state index contributed by atoms with van der Waals surface area (Å²) in [7, 11) is 0. The normalized spacial score (nSPS) is 13.1. The summed E-state index contributed by atoms with van der Waals surface area (Å²) in [5.41, 5.74) is 0. The third-order valence-electron chi connectivity index (χ3n) is 8.27. The lowest BCUT2D eigenvalue weighted by atomic mass is 9.95. The highest BCUT2D eigenvalue weighted by Crippen LogP contribution is 2.20. The van der Waals surface area contributed by atoms with Gasteiger partial charge in [0.25, 0.3) is 0 Å². The average molecular weight is 525 g/mol. The maximum Gasteiger partial charge on any atom is 0.000968 e. The van der Waals surface area contributed by atoms with Crippen molar-refractivity contribution in [3.8, 4) is 0 Å². The topological polar surface area (TPSA) is 6.48 Å². The smallest absolute Gasteiger partial charge is 0.000968 e. The molecule has 2 atom stereocenters. The van der Waals surface area contributed by atoms with Crippen molar-refractivity contribution in [2.45, 2.75) is 177 Å². The van der Waals surface area contributed by atoms with Gasteiger partial charge in [-0.1, -0.05) is 158 Å². The molecule has 0 spiro atoms. The van der Waals surface area contributed by atoms with Gasteiger partial charge in [-0.3, -0.25) is 0 Å². The second-order valence-electron chi connectivity index (χ2n) is 11.7. The second kappa shape index (κ2) is 32.1. The molecule has 37 heavy (non-hydrogen) atoms. The number of nitrogens with zero attached hydrogens (tertiary/aromatic N) is 2. The van der Waals surface area contributed by atoms with E-state index in [1.54, 1.807) is 0 Å². The van der Waals surface area contributed by atoms with E-state index in [-0.39, 0.29) is 0 Å². The molecule has 2 nitrogen and oxygen atoms in total. The number of unbranched alkanes of at least 4 members (excludes halogenated alkanes) is 13. The van der Waals surface area contributed by atoms with Gasteiger partial charge in [-0.2, -0.15) is 0 Å². The van der Waals surface area contributed by atoms with Crippen LogP contribution in [0.25, 0.3) is 0 Å². The minimum absolute atomic E-state index is 0.847. The van der Waals surface area contributed by atoms with Gasteiger partial charge in [-0.05, 0) is 57.3 Å². The zero-order valence-electron chi connectivity index (χ0n) is 27.7. The summed E-state index contributed by atoms with van der Waals surface area (Å²) in [6, 6.07) is 0. The highest BCUT2D eigenvalue weighted by Gasteiger charge is 2.16. The van der Waals surface area contributed by atoms with Gasteiger partial charge < -0.3 is 9.80 Å². The van der Waals surface area contributed by atoms with E-state index in [0.29, 0.717) is 0 Å². The third kappa shape index (κ3) is 27.3. The van der Waals surface area contributed by atoms with Gasteiger partial charge in [0.2, 0.25) is 0 Å². The summed E-state index contributed by atoms with van der Waals surface area (Å²) >= 11 is 0. The number of rotatable bonds is 28. The van der Waals surface area contributed by atoms with Crippen LogP contribution in [-0.2, 0) is 0 Å². The Labute approximate surface area is 238 Å². The minimum Gasteiger partial charge on any atom is -0.304 e. The average Bonchev–Trinajstić information content (AvgIpc) is 2.92. The van der Waals surface area contributed by atoms with E-state index in [0.717, 1.165) is 11.8 Å². The van der Waals surface area contributed by atoms with E-state index in [2.05, 4.69) is 51.3 Å². The molecule has 0 aromatic heterocycles. The molecule has 2 heteroatoms. The van der Waals surface area contributed by atoms with E-state index in [1.807, 2.05) is 13.8 Å². The van der Waals surface area contributed by atoms with Gasteiger partial charge in [0.05, 0.1) is 0 Å². The van der Waals surface area contributed by atoms with Gasteiger partial charge in [0.15, 0.2) is 0 Å².